The number of pyridine rings is 1. The first-order valence-corrected chi connectivity index (χ1v) is 5.89. The van der Waals surface area contributed by atoms with Gasteiger partial charge in [-0.05, 0) is 23.6 Å². The summed E-state index contributed by atoms with van der Waals surface area (Å²) >= 11 is 0. The maximum atomic E-state index is 5.98. The zero-order chi connectivity index (χ0) is 13.3. The summed E-state index contributed by atoms with van der Waals surface area (Å²) in [6, 6.07) is 5.80. The van der Waals surface area contributed by atoms with Gasteiger partial charge in [0, 0.05) is 11.5 Å². The number of aromatic nitrogens is 1. The molecule has 0 amide bonds. The lowest BCUT2D eigenvalue weighted by atomic mass is 10.0. The number of nitrogens with zero attached hydrogens (tertiary/aromatic N) is 1. The molecule has 1 aromatic carbocycles. The van der Waals surface area contributed by atoms with Crippen LogP contribution in [0, 0.1) is 0 Å². The van der Waals surface area contributed by atoms with Crippen molar-refractivity contribution in [3.63, 3.8) is 0 Å². The van der Waals surface area contributed by atoms with Gasteiger partial charge in [0.1, 0.15) is 22.8 Å². The summed E-state index contributed by atoms with van der Waals surface area (Å²) in [5, 5.41) is 0.976. The van der Waals surface area contributed by atoms with Crippen LogP contribution in [0.2, 0.25) is 0 Å². The molecule has 0 saturated carbocycles. The van der Waals surface area contributed by atoms with Gasteiger partial charge in [-0.3, -0.25) is 0 Å². The molecule has 2 aromatic rings. The number of anilines is 1. The molecule has 0 aliphatic carbocycles. The molecule has 0 spiro atoms. The topological polar surface area (TPSA) is 57.4 Å². The van der Waals surface area contributed by atoms with Crippen LogP contribution >= 0.6 is 0 Å². The van der Waals surface area contributed by atoms with Crippen LogP contribution in [0.3, 0.4) is 0 Å². The van der Waals surface area contributed by atoms with E-state index >= 15 is 0 Å². The Balaban J connectivity index is 2.75. The van der Waals surface area contributed by atoms with Crippen LogP contribution in [-0.4, -0.2) is 19.2 Å². The van der Waals surface area contributed by atoms with Crippen molar-refractivity contribution in [3.8, 4) is 11.5 Å². The molecule has 18 heavy (non-hydrogen) atoms. The maximum Gasteiger partial charge on any atom is 0.148 e. The van der Waals surface area contributed by atoms with Gasteiger partial charge in [0.2, 0.25) is 0 Å². The molecule has 0 aliphatic heterocycles. The zero-order valence-electron chi connectivity index (χ0n) is 11.2. The summed E-state index contributed by atoms with van der Waals surface area (Å²) in [6.45, 7) is 4.19. The van der Waals surface area contributed by atoms with Crippen molar-refractivity contribution in [2.24, 2.45) is 0 Å². The normalized spacial score (nSPS) is 10.9. The lowest BCUT2D eigenvalue weighted by Crippen LogP contribution is -2.01. The predicted molar refractivity (Wildman–Crippen MR) is 73.3 cm³/mol. The third-order valence-corrected chi connectivity index (χ3v) is 2.99. The van der Waals surface area contributed by atoms with Gasteiger partial charge in [-0.25, -0.2) is 4.98 Å². The van der Waals surface area contributed by atoms with E-state index in [-0.39, 0.29) is 0 Å². The second-order valence-corrected chi connectivity index (χ2v) is 4.52. The molecule has 0 fully saturated rings. The molecule has 0 atom stereocenters. The summed E-state index contributed by atoms with van der Waals surface area (Å²) in [4.78, 5) is 4.44. The van der Waals surface area contributed by atoms with E-state index in [4.69, 9.17) is 15.2 Å². The average molecular weight is 246 g/mol. The first kappa shape index (κ1) is 12.5. The van der Waals surface area contributed by atoms with Crippen molar-refractivity contribution in [1.82, 2.24) is 4.98 Å². The maximum absolute atomic E-state index is 5.98. The molecular formula is C14H18N2O2. The highest BCUT2D eigenvalue weighted by Gasteiger charge is 2.12. The minimum atomic E-state index is 0.332. The molecule has 96 valence electrons. The van der Waals surface area contributed by atoms with Gasteiger partial charge in [-0.2, -0.15) is 0 Å². The fourth-order valence-electron chi connectivity index (χ4n) is 2.00. The van der Waals surface area contributed by atoms with Crippen LogP contribution in [0.5, 0.6) is 11.5 Å². The van der Waals surface area contributed by atoms with Crippen molar-refractivity contribution in [1.29, 1.82) is 0 Å². The highest BCUT2D eigenvalue weighted by molar-refractivity contribution is 5.88. The van der Waals surface area contributed by atoms with Crippen molar-refractivity contribution in [3.05, 3.63) is 23.8 Å². The molecule has 2 N–H and O–H groups in total. The molecule has 1 heterocycles. The number of nitrogens with two attached hydrogens (primary N) is 1. The molecule has 4 heteroatoms. The average Bonchev–Trinajstić information content (AvgIpc) is 2.36. The lowest BCUT2D eigenvalue weighted by molar-refractivity contribution is 0.397. The Morgan fingerprint density at radius 3 is 2.39 bits per heavy atom. The van der Waals surface area contributed by atoms with Gasteiger partial charge >= 0.3 is 0 Å². The number of fused-ring (bicyclic) bond motifs is 1. The Bertz CT molecular complexity index is 580. The van der Waals surface area contributed by atoms with Crippen LogP contribution in [-0.2, 0) is 0 Å². The Morgan fingerprint density at radius 2 is 1.83 bits per heavy atom. The van der Waals surface area contributed by atoms with Gasteiger partial charge in [0.05, 0.1) is 14.2 Å². The van der Waals surface area contributed by atoms with Crippen LogP contribution in [0.25, 0.3) is 10.9 Å². The van der Waals surface area contributed by atoms with Crippen molar-refractivity contribution in [2.75, 3.05) is 20.0 Å². The molecule has 1 aromatic heterocycles. The minimum absolute atomic E-state index is 0.332. The summed E-state index contributed by atoms with van der Waals surface area (Å²) in [7, 11) is 3.25. The second-order valence-electron chi connectivity index (χ2n) is 4.52. The fraction of sp³-hybridized carbons (Fsp3) is 0.357. The number of hydrogen-bond donors (Lipinski definition) is 1. The van der Waals surface area contributed by atoms with E-state index in [9.17, 15) is 0 Å². The zero-order valence-corrected chi connectivity index (χ0v) is 11.2. The number of nitrogen functional groups attached to an aromatic ring is 1. The van der Waals surface area contributed by atoms with Gasteiger partial charge in [-0.1, -0.05) is 13.8 Å². The lowest BCUT2D eigenvalue weighted by Gasteiger charge is -2.13. The van der Waals surface area contributed by atoms with E-state index in [1.54, 1.807) is 14.2 Å². The van der Waals surface area contributed by atoms with Gasteiger partial charge in [0.25, 0.3) is 0 Å². The third-order valence-electron chi connectivity index (χ3n) is 2.99. The first-order valence-electron chi connectivity index (χ1n) is 5.89. The van der Waals surface area contributed by atoms with E-state index in [1.165, 1.54) is 0 Å². The summed E-state index contributed by atoms with van der Waals surface area (Å²) in [5.74, 6) is 2.31. The van der Waals surface area contributed by atoms with Crippen molar-refractivity contribution < 1.29 is 9.47 Å². The van der Waals surface area contributed by atoms with Crippen LogP contribution < -0.4 is 15.2 Å². The van der Waals surface area contributed by atoms with Gasteiger partial charge < -0.3 is 15.2 Å². The number of ether oxygens (including phenoxy) is 2. The SMILES string of the molecule is COc1cc(OC)c2nc(N)c(C(C)C)cc2c1. The Hall–Kier alpha value is -1.97. The highest BCUT2D eigenvalue weighted by Crippen LogP contribution is 2.33. The van der Waals surface area contributed by atoms with E-state index in [1.807, 2.05) is 18.2 Å². The van der Waals surface area contributed by atoms with Gasteiger partial charge in [0.15, 0.2) is 0 Å². The molecule has 0 aliphatic rings. The van der Waals surface area contributed by atoms with E-state index in [0.717, 1.165) is 22.2 Å². The highest BCUT2D eigenvalue weighted by atomic mass is 16.5. The van der Waals surface area contributed by atoms with Crippen molar-refractivity contribution in [2.45, 2.75) is 19.8 Å². The molecule has 0 bridgehead atoms. The number of methoxy groups -OCH3 is 2. The molecule has 0 unspecified atom stereocenters. The van der Waals surface area contributed by atoms with Crippen LogP contribution in [0.4, 0.5) is 5.82 Å². The molecule has 2 rings (SSSR count). The first-order chi connectivity index (χ1) is 8.56. The Morgan fingerprint density at radius 1 is 1.11 bits per heavy atom. The minimum Gasteiger partial charge on any atom is -0.497 e. The smallest absolute Gasteiger partial charge is 0.148 e. The molecule has 0 radical (unpaired) electrons. The second kappa shape index (κ2) is 4.72. The van der Waals surface area contributed by atoms with Gasteiger partial charge in [-0.15, -0.1) is 0 Å². The molecular weight excluding hydrogens is 228 g/mol. The Labute approximate surface area is 107 Å². The standard InChI is InChI=1S/C14H18N2O2/c1-8(2)11-6-9-5-10(17-3)7-12(18-4)13(9)16-14(11)15/h5-8H,1-4H3,(H2,15,16). The third kappa shape index (κ3) is 2.06. The summed E-state index contributed by atoms with van der Waals surface area (Å²) in [5.41, 5.74) is 7.79. The summed E-state index contributed by atoms with van der Waals surface area (Å²) < 4.78 is 10.6. The summed E-state index contributed by atoms with van der Waals surface area (Å²) in [6.07, 6.45) is 0. The van der Waals surface area contributed by atoms with Crippen LogP contribution in [0.15, 0.2) is 18.2 Å². The number of benzene rings is 1. The van der Waals surface area contributed by atoms with Crippen molar-refractivity contribution >= 4 is 16.7 Å². The largest absolute Gasteiger partial charge is 0.497 e. The Kier molecular flexibility index (Phi) is 3.28. The predicted octanol–water partition coefficient (Wildman–Crippen LogP) is 2.96. The van der Waals surface area contributed by atoms with Crippen LogP contribution in [0.1, 0.15) is 25.3 Å². The quantitative estimate of drug-likeness (QED) is 0.904. The number of rotatable bonds is 3. The van der Waals surface area contributed by atoms with E-state index in [0.29, 0.717) is 17.5 Å². The molecule has 4 nitrogen and oxygen atoms in total. The van der Waals surface area contributed by atoms with E-state index in [2.05, 4.69) is 18.8 Å². The fourth-order valence-corrected chi connectivity index (χ4v) is 2.00. The number of hydrogen-bond acceptors (Lipinski definition) is 4. The molecule has 0 saturated heterocycles. The monoisotopic (exact) mass is 246 g/mol. The van der Waals surface area contributed by atoms with E-state index < -0.39 is 0 Å².